The zero-order valence-electron chi connectivity index (χ0n) is 25.3. The molecule has 206 valence electrons. The summed E-state index contributed by atoms with van der Waals surface area (Å²) in [7, 11) is -1.89. The van der Waals surface area contributed by atoms with E-state index >= 15 is 0 Å². The topological polar surface area (TPSA) is 29.5 Å². The number of hydrogen-bond acceptors (Lipinski definition) is 2. The summed E-state index contributed by atoms with van der Waals surface area (Å²) in [6, 6.07) is 0. The van der Waals surface area contributed by atoms with Gasteiger partial charge in [-0.15, -0.1) is 0 Å². The van der Waals surface area contributed by atoms with Crippen LogP contribution in [0, 0.1) is 22.7 Å². The molecule has 0 bridgehead atoms. The van der Waals surface area contributed by atoms with Crippen molar-refractivity contribution in [2.75, 3.05) is 0 Å². The quantitative estimate of drug-likeness (QED) is 0.258. The number of allylic oxidation sites excluding steroid dienone is 3. The van der Waals surface area contributed by atoms with E-state index < -0.39 is 14.4 Å². The average molecular weight is 515 g/mol. The van der Waals surface area contributed by atoms with Gasteiger partial charge >= 0.3 is 0 Å². The molecule has 0 amide bonds. The van der Waals surface area contributed by atoms with Crippen LogP contribution in [0.4, 0.5) is 0 Å². The monoisotopic (exact) mass is 514 g/mol. The molecule has 3 aliphatic rings. The minimum Gasteiger partial charge on any atom is -0.413 e. The number of aliphatic hydroxyl groups is 1. The van der Waals surface area contributed by atoms with Crippen molar-refractivity contribution in [3.05, 3.63) is 35.5 Å². The van der Waals surface area contributed by atoms with Crippen LogP contribution in [0.5, 0.6) is 0 Å². The number of aliphatic hydroxyl groups excluding tert-OH is 1. The summed E-state index contributed by atoms with van der Waals surface area (Å²) in [6.45, 7) is 25.8. The Hall–Kier alpha value is -0.643. The summed E-state index contributed by atoms with van der Waals surface area (Å²) in [5.41, 5.74) is 4.62. The van der Waals surface area contributed by atoms with Gasteiger partial charge in [0.15, 0.2) is 8.32 Å². The fourth-order valence-corrected chi connectivity index (χ4v) is 8.55. The molecule has 0 heterocycles. The molecule has 36 heavy (non-hydrogen) atoms. The lowest BCUT2D eigenvalue weighted by atomic mass is 9.57. The van der Waals surface area contributed by atoms with Crippen LogP contribution in [-0.2, 0) is 4.43 Å². The maximum absolute atomic E-state index is 10.9. The van der Waals surface area contributed by atoms with Gasteiger partial charge in [0.05, 0.1) is 12.2 Å². The van der Waals surface area contributed by atoms with Crippen molar-refractivity contribution in [2.45, 2.75) is 149 Å². The van der Waals surface area contributed by atoms with Crippen LogP contribution in [0.15, 0.2) is 35.5 Å². The molecule has 5 unspecified atom stereocenters. The van der Waals surface area contributed by atoms with Gasteiger partial charge in [-0.2, -0.15) is 0 Å². The Morgan fingerprint density at radius 2 is 1.78 bits per heavy atom. The molecule has 3 aliphatic carbocycles. The molecular formula is C33H58O2Si. The highest BCUT2D eigenvalue weighted by molar-refractivity contribution is 6.74. The maximum atomic E-state index is 10.9. The second-order valence-corrected chi connectivity index (χ2v) is 19.7. The maximum Gasteiger partial charge on any atom is 0.192 e. The number of hydrogen-bond donors (Lipinski definition) is 1. The lowest BCUT2D eigenvalue weighted by Crippen LogP contribution is -2.46. The molecule has 3 fully saturated rings. The van der Waals surface area contributed by atoms with E-state index in [4.69, 9.17) is 4.43 Å². The Morgan fingerprint density at radius 3 is 2.42 bits per heavy atom. The second kappa shape index (κ2) is 11.2. The highest BCUT2D eigenvalue weighted by atomic mass is 28.4. The number of fused-ring (bicyclic) bond motifs is 1. The number of unbranched alkanes of at least 4 members (excludes halogenated alkanes) is 2. The van der Waals surface area contributed by atoms with E-state index in [0.717, 1.165) is 12.0 Å². The first-order valence-corrected chi connectivity index (χ1v) is 18.0. The highest BCUT2D eigenvalue weighted by Crippen LogP contribution is 2.59. The van der Waals surface area contributed by atoms with E-state index in [1.54, 1.807) is 5.57 Å². The molecule has 5 atom stereocenters. The minimum absolute atomic E-state index is 0.0837. The Balaban J connectivity index is 1.91. The standard InChI is InChI=1S/C33H58O2Si/c1-11-12-13-19-32(6,7)28-18-21-33(8)20-14-15-29(33)27(28)17-16-25-22-26(23-30(34)24(25)2)35-36(9,10)31(3,4)5/h16-17,26,28-30,34H,2,11-15,18-23H2,1,3-10H3. The van der Waals surface area contributed by atoms with Crippen LogP contribution in [0.3, 0.4) is 0 Å². The van der Waals surface area contributed by atoms with Gasteiger partial charge in [-0.05, 0) is 90.5 Å². The van der Waals surface area contributed by atoms with E-state index in [1.165, 1.54) is 63.4 Å². The largest absolute Gasteiger partial charge is 0.413 e. The predicted octanol–water partition coefficient (Wildman–Crippen LogP) is 9.76. The van der Waals surface area contributed by atoms with Crippen LogP contribution in [0.25, 0.3) is 0 Å². The summed E-state index contributed by atoms with van der Waals surface area (Å²) in [4.78, 5) is 0. The zero-order valence-corrected chi connectivity index (χ0v) is 26.3. The first-order chi connectivity index (χ1) is 16.6. The fourth-order valence-electron chi connectivity index (χ4n) is 7.18. The molecule has 2 nitrogen and oxygen atoms in total. The molecule has 1 N–H and O–H groups in total. The number of rotatable bonds is 8. The molecule has 0 aromatic heterocycles. The Labute approximate surface area is 225 Å². The van der Waals surface area contributed by atoms with E-state index in [0.29, 0.717) is 29.1 Å². The molecular weight excluding hydrogens is 456 g/mol. The van der Waals surface area contributed by atoms with Crippen LogP contribution < -0.4 is 0 Å². The van der Waals surface area contributed by atoms with Crippen LogP contribution in [0.1, 0.15) is 119 Å². The Morgan fingerprint density at radius 1 is 1.08 bits per heavy atom. The smallest absolute Gasteiger partial charge is 0.192 e. The van der Waals surface area contributed by atoms with Crippen molar-refractivity contribution in [3.8, 4) is 0 Å². The van der Waals surface area contributed by atoms with Gasteiger partial charge in [0.25, 0.3) is 0 Å². The van der Waals surface area contributed by atoms with Crippen molar-refractivity contribution in [3.63, 3.8) is 0 Å². The third kappa shape index (κ3) is 6.49. The van der Waals surface area contributed by atoms with Crippen molar-refractivity contribution in [1.29, 1.82) is 0 Å². The van der Waals surface area contributed by atoms with Crippen molar-refractivity contribution in [1.82, 2.24) is 0 Å². The van der Waals surface area contributed by atoms with Crippen LogP contribution in [0.2, 0.25) is 18.1 Å². The molecule has 0 saturated heterocycles. The molecule has 3 saturated carbocycles. The third-order valence-electron chi connectivity index (χ3n) is 10.8. The minimum atomic E-state index is -1.89. The summed E-state index contributed by atoms with van der Waals surface area (Å²) in [6.07, 6.45) is 18.1. The van der Waals surface area contributed by atoms with Gasteiger partial charge in [-0.1, -0.05) is 98.5 Å². The van der Waals surface area contributed by atoms with Gasteiger partial charge in [0, 0.05) is 6.42 Å². The van der Waals surface area contributed by atoms with Gasteiger partial charge in [0.1, 0.15) is 0 Å². The molecule has 0 aliphatic heterocycles. The highest BCUT2D eigenvalue weighted by Gasteiger charge is 2.49. The second-order valence-electron chi connectivity index (χ2n) is 15.0. The zero-order chi connectivity index (χ0) is 26.9. The molecule has 0 aromatic rings. The summed E-state index contributed by atoms with van der Waals surface area (Å²) in [5, 5.41) is 11.1. The van der Waals surface area contributed by atoms with Crippen molar-refractivity contribution < 1.29 is 9.53 Å². The van der Waals surface area contributed by atoms with E-state index in [9.17, 15) is 5.11 Å². The predicted molar refractivity (Wildman–Crippen MR) is 159 cm³/mol. The third-order valence-corrected chi connectivity index (χ3v) is 15.3. The molecule has 0 spiro atoms. The lowest BCUT2D eigenvalue weighted by molar-refractivity contribution is 0.0922. The SMILES string of the molecule is C=C1C(=CC=C2C(C(C)(C)CCCCC)CCC3(C)CCCC23)CC(O[Si](C)(C)C(C)(C)C)CC1O. The average Bonchev–Trinajstić information content (AvgIpc) is 3.15. The van der Waals surface area contributed by atoms with E-state index in [-0.39, 0.29) is 11.1 Å². The van der Waals surface area contributed by atoms with Gasteiger partial charge in [0.2, 0.25) is 0 Å². The first-order valence-electron chi connectivity index (χ1n) is 15.1. The van der Waals surface area contributed by atoms with Gasteiger partial charge < -0.3 is 9.53 Å². The van der Waals surface area contributed by atoms with E-state index in [1.807, 2.05) is 0 Å². The fraction of sp³-hybridized carbons (Fsp3) is 0.818. The normalized spacial score (nSPS) is 34.4. The van der Waals surface area contributed by atoms with Gasteiger partial charge in [-0.3, -0.25) is 0 Å². The van der Waals surface area contributed by atoms with Crippen LogP contribution in [-0.4, -0.2) is 25.6 Å². The van der Waals surface area contributed by atoms with Crippen molar-refractivity contribution in [2.24, 2.45) is 22.7 Å². The lowest BCUT2D eigenvalue weighted by Gasteiger charge is -2.48. The van der Waals surface area contributed by atoms with E-state index in [2.05, 4.69) is 80.3 Å². The molecule has 0 aromatic carbocycles. The van der Waals surface area contributed by atoms with Crippen molar-refractivity contribution >= 4 is 8.32 Å². The Kier molecular flexibility index (Phi) is 9.33. The first kappa shape index (κ1) is 29.9. The van der Waals surface area contributed by atoms with Crippen LogP contribution >= 0.6 is 0 Å². The molecule has 3 heteroatoms. The summed E-state index contributed by atoms with van der Waals surface area (Å²) < 4.78 is 6.78. The Bertz CT molecular complexity index is 842. The summed E-state index contributed by atoms with van der Waals surface area (Å²) >= 11 is 0. The van der Waals surface area contributed by atoms with Gasteiger partial charge in [-0.25, -0.2) is 0 Å². The summed E-state index contributed by atoms with van der Waals surface area (Å²) in [5.74, 6) is 1.36. The molecule has 0 radical (unpaired) electrons. The molecule has 3 rings (SSSR count).